The summed E-state index contributed by atoms with van der Waals surface area (Å²) in [4.78, 5) is 24.5. The minimum absolute atomic E-state index is 0.0330. The van der Waals surface area contributed by atoms with Gasteiger partial charge in [-0.2, -0.15) is 0 Å². The summed E-state index contributed by atoms with van der Waals surface area (Å²) in [5, 5.41) is 10.2. The first-order chi connectivity index (χ1) is 14.0. The number of ether oxygens (including phenoxy) is 1. The Morgan fingerprint density at radius 2 is 2.17 bits per heavy atom. The molecule has 1 saturated heterocycles. The van der Waals surface area contributed by atoms with Crippen molar-refractivity contribution in [2.24, 2.45) is 0 Å². The molecule has 0 aliphatic carbocycles. The fourth-order valence-electron chi connectivity index (χ4n) is 3.22. The average molecular weight is 431 g/mol. The number of nitrogens with zero attached hydrogens (tertiary/aromatic N) is 5. The molecule has 1 aliphatic rings. The van der Waals surface area contributed by atoms with Gasteiger partial charge in [0.15, 0.2) is 5.13 Å². The number of rotatable bonds is 5. The maximum absolute atomic E-state index is 13.0. The highest BCUT2D eigenvalue weighted by Crippen LogP contribution is 2.28. The molecule has 0 saturated carbocycles. The van der Waals surface area contributed by atoms with Crippen LogP contribution in [0.4, 0.5) is 10.8 Å². The van der Waals surface area contributed by atoms with Crippen LogP contribution in [-0.4, -0.2) is 50.1 Å². The van der Waals surface area contributed by atoms with Crippen LogP contribution >= 0.6 is 22.9 Å². The Morgan fingerprint density at radius 3 is 2.93 bits per heavy atom. The summed E-state index contributed by atoms with van der Waals surface area (Å²) in [6, 6.07) is 3.94. The number of aryl methyl sites for hydroxylation is 3. The van der Waals surface area contributed by atoms with Gasteiger partial charge >= 0.3 is 0 Å². The summed E-state index contributed by atoms with van der Waals surface area (Å²) >= 11 is 2.72. The molecule has 0 spiro atoms. The second-order valence-corrected chi connectivity index (χ2v) is 8.47. The van der Waals surface area contributed by atoms with E-state index in [0.717, 1.165) is 45.1 Å². The highest BCUT2D eigenvalue weighted by atomic mass is 32.1. The molecule has 10 heteroatoms. The lowest BCUT2D eigenvalue weighted by atomic mass is 10.1. The van der Waals surface area contributed by atoms with Gasteiger partial charge in [0.25, 0.3) is 5.91 Å². The fraction of sp³-hybridized carbons (Fsp3) is 0.421. The van der Waals surface area contributed by atoms with Crippen LogP contribution in [0.25, 0.3) is 0 Å². The molecule has 1 atom stereocenters. The zero-order valence-electron chi connectivity index (χ0n) is 16.5. The van der Waals surface area contributed by atoms with Crippen LogP contribution in [0, 0.1) is 13.8 Å². The Balaban J connectivity index is 1.52. The first-order valence-corrected chi connectivity index (χ1v) is 11.1. The van der Waals surface area contributed by atoms with E-state index < -0.39 is 0 Å². The summed E-state index contributed by atoms with van der Waals surface area (Å²) < 4.78 is 9.90. The molecule has 0 bridgehead atoms. The number of hydrogen-bond acceptors (Lipinski definition) is 9. The number of pyridine rings is 1. The number of amides is 1. The van der Waals surface area contributed by atoms with Gasteiger partial charge in [0.1, 0.15) is 11.0 Å². The quantitative estimate of drug-likeness (QED) is 0.662. The largest absolute Gasteiger partial charge is 0.368 e. The third kappa shape index (κ3) is 4.44. The molecule has 1 unspecified atom stereocenters. The van der Waals surface area contributed by atoms with Crippen LogP contribution < -0.4 is 5.32 Å². The van der Waals surface area contributed by atoms with Crippen molar-refractivity contribution < 1.29 is 9.53 Å². The smallest absolute Gasteiger partial charge is 0.267 e. The minimum Gasteiger partial charge on any atom is -0.368 e. The molecule has 152 valence electrons. The number of carbonyl (C=O) groups is 1. The maximum atomic E-state index is 13.0. The summed E-state index contributed by atoms with van der Waals surface area (Å²) in [5.41, 5.74) is 4.33. The van der Waals surface area contributed by atoms with Crippen molar-refractivity contribution in [2.45, 2.75) is 33.3 Å². The van der Waals surface area contributed by atoms with Crippen molar-refractivity contribution in [3.8, 4) is 0 Å². The van der Waals surface area contributed by atoms with Crippen LogP contribution in [-0.2, 0) is 11.2 Å². The second kappa shape index (κ2) is 8.52. The molecule has 1 aliphatic heterocycles. The third-order valence-corrected chi connectivity index (χ3v) is 6.24. The van der Waals surface area contributed by atoms with Crippen LogP contribution in [0.2, 0.25) is 0 Å². The van der Waals surface area contributed by atoms with Gasteiger partial charge in [-0.3, -0.25) is 9.78 Å². The number of hydrogen-bond donors (Lipinski definition) is 1. The Hall–Kier alpha value is -2.43. The minimum atomic E-state index is -0.280. The molecule has 1 amide bonds. The number of morpholine rings is 1. The summed E-state index contributed by atoms with van der Waals surface area (Å²) in [7, 11) is 0. The van der Waals surface area contributed by atoms with E-state index in [1.807, 2.05) is 43.2 Å². The average Bonchev–Trinajstić information content (AvgIpc) is 3.35. The predicted octanol–water partition coefficient (Wildman–Crippen LogP) is 3.53. The molecule has 1 N–H and O–H groups in total. The van der Waals surface area contributed by atoms with E-state index in [1.165, 1.54) is 0 Å². The van der Waals surface area contributed by atoms with Crippen LogP contribution in [0.1, 0.15) is 45.5 Å². The molecular weight excluding hydrogens is 408 g/mol. The SMILES string of the molecule is CCc1nnsc1C(=O)N1CCOC(c2cc(Nc3nc(C)cs3)cc(C)n2)C1. The zero-order valence-corrected chi connectivity index (χ0v) is 18.1. The standard InChI is InChI=1S/C19H22N6O2S2/c1-4-14-17(29-24-23-14)18(26)25-5-6-27-16(9-25)15-8-13(7-11(2)20-15)22-19-21-12(3)10-28-19/h7-8,10,16H,4-6,9H2,1-3H3,(H,20,21,22). The molecule has 0 radical (unpaired) electrons. The number of anilines is 2. The van der Waals surface area contributed by atoms with E-state index in [-0.39, 0.29) is 12.0 Å². The van der Waals surface area contributed by atoms with Crippen LogP contribution in [0.5, 0.6) is 0 Å². The molecule has 4 rings (SSSR count). The van der Waals surface area contributed by atoms with Gasteiger partial charge in [-0.05, 0) is 43.9 Å². The van der Waals surface area contributed by atoms with E-state index in [0.29, 0.717) is 31.0 Å². The Morgan fingerprint density at radius 1 is 1.31 bits per heavy atom. The topological polar surface area (TPSA) is 93.1 Å². The van der Waals surface area contributed by atoms with E-state index in [2.05, 4.69) is 24.9 Å². The summed E-state index contributed by atoms with van der Waals surface area (Å²) in [5.74, 6) is -0.0330. The van der Waals surface area contributed by atoms with E-state index in [9.17, 15) is 4.79 Å². The van der Waals surface area contributed by atoms with Crippen LogP contribution in [0.3, 0.4) is 0 Å². The van der Waals surface area contributed by atoms with Gasteiger partial charge < -0.3 is 15.0 Å². The van der Waals surface area contributed by atoms with Crippen molar-refractivity contribution in [3.05, 3.63) is 45.2 Å². The van der Waals surface area contributed by atoms with E-state index in [4.69, 9.17) is 4.74 Å². The monoisotopic (exact) mass is 430 g/mol. The molecule has 8 nitrogen and oxygen atoms in total. The van der Waals surface area contributed by atoms with Gasteiger partial charge in [-0.15, -0.1) is 16.4 Å². The van der Waals surface area contributed by atoms with Crippen molar-refractivity contribution in [1.29, 1.82) is 0 Å². The molecule has 4 heterocycles. The Kier molecular flexibility index (Phi) is 5.84. The number of aromatic nitrogens is 4. The van der Waals surface area contributed by atoms with Crippen molar-refractivity contribution in [3.63, 3.8) is 0 Å². The lowest BCUT2D eigenvalue weighted by molar-refractivity contribution is -0.0246. The number of nitrogens with one attached hydrogen (secondary N) is 1. The van der Waals surface area contributed by atoms with Gasteiger partial charge in [0.05, 0.1) is 30.2 Å². The zero-order chi connectivity index (χ0) is 20.4. The van der Waals surface area contributed by atoms with E-state index >= 15 is 0 Å². The molecule has 3 aromatic rings. The lowest BCUT2D eigenvalue weighted by Gasteiger charge is -2.32. The van der Waals surface area contributed by atoms with Gasteiger partial charge in [-0.1, -0.05) is 11.4 Å². The number of thiazole rings is 1. The first kappa shape index (κ1) is 19.9. The summed E-state index contributed by atoms with van der Waals surface area (Å²) in [6.45, 7) is 7.36. The highest BCUT2D eigenvalue weighted by Gasteiger charge is 2.29. The van der Waals surface area contributed by atoms with Crippen molar-refractivity contribution in [1.82, 2.24) is 24.5 Å². The number of carbonyl (C=O) groups excluding carboxylic acids is 1. The predicted molar refractivity (Wildman–Crippen MR) is 113 cm³/mol. The molecule has 0 aromatic carbocycles. The van der Waals surface area contributed by atoms with Gasteiger partial charge in [0.2, 0.25) is 0 Å². The van der Waals surface area contributed by atoms with Gasteiger partial charge in [-0.25, -0.2) is 4.98 Å². The Labute approximate surface area is 177 Å². The van der Waals surface area contributed by atoms with Crippen LogP contribution in [0.15, 0.2) is 17.5 Å². The van der Waals surface area contributed by atoms with Gasteiger partial charge in [0, 0.05) is 23.3 Å². The second-order valence-electron chi connectivity index (χ2n) is 6.85. The van der Waals surface area contributed by atoms with E-state index in [1.54, 1.807) is 11.3 Å². The first-order valence-electron chi connectivity index (χ1n) is 9.43. The third-order valence-electron chi connectivity index (χ3n) is 4.61. The fourth-order valence-corrected chi connectivity index (χ4v) is 4.65. The highest BCUT2D eigenvalue weighted by molar-refractivity contribution is 7.13. The molecule has 29 heavy (non-hydrogen) atoms. The Bertz CT molecular complexity index is 1020. The lowest BCUT2D eigenvalue weighted by Crippen LogP contribution is -2.42. The molecule has 1 fully saturated rings. The van der Waals surface area contributed by atoms with Crippen molar-refractivity contribution in [2.75, 3.05) is 25.0 Å². The molecular formula is C19H22N6O2S2. The summed E-state index contributed by atoms with van der Waals surface area (Å²) in [6.07, 6.45) is 0.410. The van der Waals surface area contributed by atoms with Crippen molar-refractivity contribution >= 4 is 39.6 Å². The molecule has 3 aromatic heterocycles. The maximum Gasteiger partial charge on any atom is 0.267 e. The normalized spacial score (nSPS) is 16.8.